The molecule has 0 amide bonds. The normalized spacial score (nSPS) is 11.7. The highest BCUT2D eigenvalue weighted by atomic mass is 35.5. The summed E-state index contributed by atoms with van der Waals surface area (Å²) >= 11 is 5.68. The standard InChI is InChI=1S/C7H5Cl.H3N/c8-7-2-1-5-3-6(5)4-7;/h1-2,4H,3H2;1H3. The molecule has 2 rings (SSSR count). The van der Waals surface area contributed by atoms with Gasteiger partial charge in [0.05, 0.1) is 0 Å². The fourth-order valence-corrected chi connectivity index (χ4v) is 1.06. The molecule has 2 heteroatoms. The van der Waals surface area contributed by atoms with Gasteiger partial charge >= 0.3 is 0 Å². The molecule has 1 aromatic carbocycles. The SMILES string of the molecule is Clc1ccc2c(c1)C2.N. The minimum absolute atomic E-state index is 0. The Bertz CT molecular complexity index is 232. The summed E-state index contributed by atoms with van der Waals surface area (Å²) in [5.41, 5.74) is 2.87. The van der Waals surface area contributed by atoms with Gasteiger partial charge in [-0.3, -0.25) is 0 Å². The van der Waals surface area contributed by atoms with Crippen LogP contribution in [0.5, 0.6) is 0 Å². The zero-order valence-corrected chi connectivity index (χ0v) is 5.78. The van der Waals surface area contributed by atoms with E-state index in [1.54, 1.807) is 0 Å². The van der Waals surface area contributed by atoms with E-state index in [9.17, 15) is 0 Å². The summed E-state index contributed by atoms with van der Waals surface area (Å²) in [6.07, 6.45) is 1.16. The van der Waals surface area contributed by atoms with Crippen molar-refractivity contribution in [2.75, 3.05) is 0 Å². The van der Waals surface area contributed by atoms with Crippen LogP contribution in [0.4, 0.5) is 0 Å². The van der Waals surface area contributed by atoms with Crippen molar-refractivity contribution in [3.8, 4) is 0 Å². The maximum absolute atomic E-state index is 5.68. The highest BCUT2D eigenvalue weighted by molar-refractivity contribution is 6.30. The molecule has 3 N–H and O–H groups in total. The molecular formula is C7H8ClN. The van der Waals surface area contributed by atoms with Gasteiger partial charge in [-0.1, -0.05) is 17.7 Å². The summed E-state index contributed by atoms with van der Waals surface area (Å²) < 4.78 is 0. The van der Waals surface area contributed by atoms with Crippen molar-refractivity contribution < 1.29 is 0 Å². The van der Waals surface area contributed by atoms with Crippen LogP contribution in [-0.4, -0.2) is 0 Å². The molecule has 1 aliphatic carbocycles. The summed E-state index contributed by atoms with van der Waals surface area (Å²) in [4.78, 5) is 0. The topological polar surface area (TPSA) is 35.0 Å². The molecule has 0 aromatic heterocycles. The second kappa shape index (κ2) is 2.01. The van der Waals surface area contributed by atoms with Gasteiger partial charge in [-0.15, -0.1) is 0 Å². The molecule has 0 radical (unpaired) electrons. The molecule has 0 aliphatic heterocycles. The van der Waals surface area contributed by atoms with Crippen LogP contribution in [0.3, 0.4) is 0 Å². The van der Waals surface area contributed by atoms with Crippen molar-refractivity contribution in [1.82, 2.24) is 6.15 Å². The fourth-order valence-electron chi connectivity index (χ4n) is 0.865. The lowest BCUT2D eigenvalue weighted by Gasteiger charge is -1.79. The van der Waals surface area contributed by atoms with Gasteiger partial charge in [-0.25, -0.2) is 0 Å². The molecule has 48 valence electrons. The van der Waals surface area contributed by atoms with Crippen molar-refractivity contribution in [3.63, 3.8) is 0 Å². The summed E-state index contributed by atoms with van der Waals surface area (Å²) in [6, 6.07) is 6.04. The van der Waals surface area contributed by atoms with Gasteiger partial charge in [-0.05, 0) is 29.7 Å². The highest BCUT2D eigenvalue weighted by Gasteiger charge is 2.14. The van der Waals surface area contributed by atoms with Gasteiger partial charge in [0, 0.05) is 5.02 Å². The fraction of sp³-hybridized carbons (Fsp3) is 0.143. The van der Waals surface area contributed by atoms with E-state index in [0.717, 1.165) is 11.4 Å². The van der Waals surface area contributed by atoms with E-state index in [1.165, 1.54) is 11.1 Å². The second-order valence-corrected chi connectivity index (χ2v) is 2.53. The van der Waals surface area contributed by atoms with E-state index in [2.05, 4.69) is 6.07 Å². The molecule has 9 heavy (non-hydrogen) atoms. The van der Waals surface area contributed by atoms with E-state index < -0.39 is 0 Å². The molecule has 1 nitrogen and oxygen atoms in total. The molecular weight excluding hydrogens is 134 g/mol. The molecule has 1 aromatic rings. The van der Waals surface area contributed by atoms with Crippen LogP contribution in [0, 0.1) is 0 Å². The first-order valence-electron chi connectivity index (χ1n) is 2.63. The number of hydrogen-bond donors (Lipinski definition) is 1. The molecule has 0 bridgehead atoms. The average Bonchev–Trinajstić information content (AvgIpc) is 2.43. The molecule has 0 saturated heterocycles. The lowest BCUT2D eigenvalue weighted by molar-refractivity contribution is 1.61. The van der Waals surface area contributed by atoms with Crippen molar-refractivity contribution in [2.24, 2.45) is 0 Å². The Morgan fingerprint density at radius 1 is 1.22 bits per heavy atom. The number of fused-ring (bicyclic) bond motifs is 1. The maximum atomic E-state index is 5.68. The summed E-state index contributed by atoms with van der Waals surface area (Å²) in [5.74, 6) is 0. The van der Waals surface area contributed by atoms with E-state index in [1.807, 2.05) is 12.1 Å². The average molecular weight is 142 g/mol. The Morgan fingerprint density at radius 3 is 2.56 bits per heavy atom. The predicted molar refractivity (Wildman–Crippen MR) is 39.3 cm³/mol. The number of benzene rings is 1. The second-order valence-electron chi connectivity index (χ2n) is 2.09. The van der Waals surface area contributed by atoms with Crippen molar-refractivity contribution in [2.45, 2.75) is 6.42 Å². The zero-order valence-electron chi connectivity index (χ0n) is 5.02. The van der Waals surface area contributed by atoms with Crippen LogP contribution in [0.25, 0.3) is 0 Å². The third-order valence-corrected chi connectivity index (χ3v) is 1.66. The Hall–Kier alpha value is -0.530. The first-order chi connectivity index (χ1) is 3.86. The number of rotatable bonds is 0. The van der Waals surface area contributed by atoms with Crippen molar-refractivity contribution in [1.29, 1.82) is 0 Å². The van der Waals surface area contributed by atoms with E-state index >= 15 is 0 Å². The summed E-state index contributed by atoms with van der Waals surface area (Å²) in [5, 5.41) is 0.862. The molecule has 0 heterocycles. The third kappa shape index (κ3) is 1.07. The van der Waals surface area contributed by atoms with Crippen LogP contribution in [0.2, 0.25) is 5.02 Å². The smallest absolute Gasteiger partial charge is 0.0409 e. The monoisotopic (exact) mass is 141 g/mol. The molecule has 1 aliphatic rings. The Morgan fingerprint density at radius 2 is 2.00 bits per heavy atom. The maximum Gasteiger partial charge on any atom is 0.0409 e. The van der Waals surface area contributed by atoms with Crippen molar-refractivity contribution >= 4 is 11.6 Å². The number of hydrogen-bond acceptors (Lipinski definition) is 1. The van der Waals surface area contributed by atoms with E-state index in [0.29, 0.717) is 0 Å². The van der Waals surface area contributed by atoms with Gasteiger partial charge in [0.2, 0.25) is 0 Å². The van der Waals surface area contributed by atoms with Crippen LogP contribution >= 0.6 is 11.6 Å². The number of halogens is 1. The summed E-state index contributed by atoms with van der Waals surface area (Å²) in [7, 11) is 0. The van der Waals surface area contributed by atoms with E-state index in [4.69, 9.17) is 11.6 Å². The van der Waals surface area contributed by atoms with Crippen LogP contribution < -0.4 is 6.15 Å². The van der Waals surface area contributed by atoms with Gasteiger partial charge in [-0.2, -0.15) is 0 Å². The Kier molecular flexibility index (Phi) is 1.47. The largest absolute Gasteiger partial charge is 0.344 e. The van der Waals surface area contributed by atoms with Gasteiger partial charge in [0.1, 0.15) is 0 Å². The first-order valence-corrected chi connectivity index (χ1v) is 3.01. The lowest BCUT2D eigenvalue weighted by Crippen LogP contribution is -1.55. The Balaban J connectivity index is 0.000000405. The van der Waals surface area contributed by atoms with Gasteiger partial charge < -0.3 is 6.15 Å². The van der Waals surface area contributed by atoms with Crippen LogP contribution in [0.1, 0.15) is 11.1 Å². The third-order valence-electron chi connectivity index (χ3n) is 1.42. The molecule has 0 unspecified atom stereocenters. The minimum Gasteiger partial charge on any atom is -0.344 e. The highest BCUT2D eigenvalue weighted by Crippen LogP contribution is 2.29. The van der Waals surface area contributed by atoms with E-state index in [-0.39, 0.29) is 6.15 Å². The lowest BCUT2D eigenvalue weighted by atomic mass is 10.4. The zero-order chi connectivity index (χ0) is 5.56. The van der Waals surface area contributed by atoms with Crippen molar-refractivity contribution in [3.05, 3.63) is 34.3 Å². The van der Waals surface area contributed by atoms with Gasteiger partial charge in [0.15, 0.2) is 0 Å². The molecule has 0 atom stereocenters. The van der Waals surface area contributed by atoms with Crippen LogP contribution in [-0.2, 0) is 6.42 Å². The molecule has 0 fully saturated rings. The first kappa shape index (κ1) is 6.59. The minimum atomic E-state index is 0. The van der Waals surface area contributed by atoms with Gasteiger partial charge in [0.25, 0.3) is 0 Å². The Labute approximate surface area is 59.2 Å². The molecule has 0 saturated carbocycles. The quantitative estimate of drug-likeness (QED) is 0.601. The predicted octanol–water partition coefficient (Wildman–Crippen LogP) is 2.41. The summed E-state index contributed by atoms with van der Waals surface area (Å²) in [6.45, 7) is 0. The molecule has 0 spiro atoms. The van der Waals surface area contributed by atoms with Crippen LogP contribution in [0.15, 0.2) is 18.2 Å².